The smallest absolute Gasteiger partial charge is 0.410 e. The molecule has 21 heavy (non-hydrogen) atoms. The van der Waals surface area contributed by atoms with Crippen molar-refractivity contribution in [3.05, 3.63) is 35.9 Å². The van der Waals surface area contributed by atoms with E-state index in [-0.39, 0.29) is 37.4 Å². The lowest BCUT2D eigenvalue weighted by atomic mass is 9.83. The van der Waals surface area contributed by atoms with Crippen molar-refractivity contribution in [1.82, 2.24) is 4.90 Å². The van der Waals surface area contributed by atoms with Crippen LogP contribution in [0.4, 0.5) is 4.79 Å². The SMILES string of the molecule is CC(=O)OC[C@H]1C2CC(C2)N1C(=O)OCc1ccccc1. The molecular weight excluding hydrogens is 270 g/mol. The first-order valence-corrected chi connectivity index (χ1v) is 7.27. The molecule has 0 radical (unpaired) electrons. The second-order valence-corrected chi connectivity index (χ2v) is 5.70. The number of rotatable bonds is 4. The Balaban J connectivity index is 1.57. The molecule has 5 nitrogen and oxygen atoms in total. The molecule has 2 bridgehead atoms. The number of fused-ring (bicyclic) bond motifs is 1. The molecule has 0 spiro atoms. The van der Waals surface area contributed by atoms with Crippen LogP contribution in [0.15, 0.2) is 30.3 Å². The van der Waals surface area contributed by atoms with E-state index in [0.717, 1.165) is 18.4 Å². The Labute approximate surface area is 123 Å². The minimum absolute atomic E-state index is 0.0258. The Morgan fingerprint density at radius 1 is 1.19 bits per heavy atom. The molecule has 4 rings (SSSR count). The summed E-state index contributed by atoms with van der Waals surface area (Å²) in [5.41, 5.74) is 0.967. The standard InChI is InChI=1S/C16H19NO4/c1-11(18)20-10-15-13-7-14(8-13)17(15)16(19)21-9-12-5-3-2-4-6-12/h2-6,13-15H,7-10H2,1H3/t13?,14?,15-/m0/s1. The quantitative estimate of drug-likeness (QED) is 0.798. The zero-order chi connectivity index (χ0) is 14.8. The van der Waals surface area contributed by atoms with Crippen molar-refractivity contribution in [3.8, 4) is 0 Å². The third-order valence-electron chi connectivity index (χ3n) is 4.32. The summed E-state index contributed by atoms with van der Waals surface area (Å²) in [6, 6.07) is 9.83. The predicted molar refractivity (Wildman–Crippen MR) is 75.4 cm³/mol. The summed E-state index contributed by atoms with van der Waals surface area (Å²) in [5.74, 6) is 0.135. The maximum absolute atomic E-state index is 12.3. The monoisotopic (exact) mass is 289 g/mol. The third kappa shape index (κ3) is 2.86. The van der Waals surface area contributed by atoms with Crippen molar-refractivity contribution in [2.75, 3.05) is 6.61 Å². The van der Waals surface area contributed by atoms with Crippen LogP contribution in [0, 0.1) is 5.92 Å². The molecule has 2 aliphatic heterocycles. The van der Waals surface area contributed by atoms with E-state index in [1.807, 2.05) is 30.3 Å². The van der Waals surface area contributed by atoms with Crippen molar-refractivity contribution in [3.63, 3.8) is 0 Å². The van der Waals surface area contributed by atoms with E-state index in [9.17, 15) is 9.59 Å². The van der Waals surface area contributed by atoms with Crippen LogP contribution in [0.5, 0.6) is 0 Å². The van der Waals surface area contributed by atoms with E-state index in [1.165, 1.54) is 6.92 Å². The van der Waals surface area contributed by atoms with E-state index < -0.39 is 0 Å². The van der Waals surface area contributed by atoms with Gasteiger partial charge >= 0.3 is 12.1 Å². The molecular formula is C16H19NO4. The van der Waals surface area contributed by atoms with Gasteiger partial charge in [0, 0.05) is 13.0 Å². The molecule has 0 N–H and O–H groups in total. The molecule has 1 saturated carbocycles. The van der Waals surface area contributed by atoms with Crippen molar-refractivity contribution >= 4 is 12.1 Å². The lowest BCUT2D eigenvalue weighted by Gasteiger charge is -2.25. The van der Waals surface area contributed by atoms with Crippen LogP contribution in [0.3, 0.4) is 0 Å². The molecule has 1 atom stereocenters. The summed E-state index contributed by atoms with van der Waals surface area (Å²) in [5, 5.41) is 0. The van der Waals surface area contributed by atoms with Gasteiger partial charge in [0.15, 0.2) is 0 Å². The minimum Gasteiger partial charge on any atom is -0.464 e. The molecule has 2 saturated heterocycles. The number of esters is 1. The number of benzene rings is 1. The summed E-state index contributed by atoms with van der Waals surface area (Å²) in [4.78, 5) is 25.0. The van der Waals surface area contributed by atoms with Gasteiger partial charge in [-0.1, -0.05) is 30.3 Å². The minimum atomic E-state index is -0.309. The first kappa shape index (κ1) is 13.9. The first-order valence-electron chi connectivity index (χ1n) is 7.27. The summed E-state index contributed by atoms with van der Waals surface area (Å²) in [6.07, 6.45) is 1.68. The van der Waals surface area contributed by atoms with Gasteiger partial charge in [0.1, 0.15) is 13.2 Å². The Morgan fingerprint density at radius 2 is 1.90 bits per heavy atom. The Kier molecular flexibility index (Phi) is 3.82. The van der Waals surface area contributed by atoms with Crippen LogP contribution in [-0.4, -0.2) is 35.7 Å². The molecule has 0 aromatic heterocycles. The van der Waals surface area contributed by atoms with Crippen LogP contribution in [0.1, 0.15) is 25.3 Å². The van der Waals surface area contributed by atoms with Crippen LogP contribution >= 0.6 is 0 Å². The molecule has 5 heteroatoms. The average Bonchev–Trinajstić information content (AvgIpc) is 2.97. The summed E-state index contributed by atoms with van der Waals surface area (Å²) >= 11 is 0. The van der Waals surface area contributed by atoms with Gasteiger partial charge in [0.05, 0.1) is 6.04 Å². The summed E-state index contributed by atoms with van der Waals surface area (Å²) < 4.78 is 10.5. The number of hydrogen-bond acceptors (Lipinski definition) is 4. The third-order valence-corrected chi connectivity index (χ3v) is 4.32. The van der Waals surface area contributed by atoms with Gasteiger partial charge in [-0.3, -0.25) is 9.69 Å². The molecule has 3 aliphatic rings. The zero-order valence-electron chi connectivity index (χ0n) is 12.0. The molecule has 0 unspecified atom stereocenters. The maximum atomic E-state index is 12.3. The molecule has 1 aromatic rings. The van der Waals surface area contributed by atoms with E-state index >= 15 is 0 Å². The highest BCUT2D eigenvalue weighted by molar-refractivity contribution is 5.70. The highest BCUT2D eigenvalue weighted by Gasteiger charge is 2.53. The van der Waals surface area contributed by atoms with E-state index in [4.69, 9.17) is 9.47 Å². The molecule has 1 amide bonds. The van der Waals surface area contributed by atoms with Crippen molar-refractivity contribution in [2.45, 2.75) is 38.5 Å². The maximum Gasteiger partial charge on any atom is 0.410 e. The largest absolute Gasteiger partial charge is 0.464 e. The average molecular weight is 289 g/mol. The Hall–Kier alpha value is -2.04. The van der Waals surface area contributed by atoms with Crippen LogP contribution < -0.4 is 0 Å². The highest BCUT2D eigenvalue weighted by Crippen LogP contribution is 2.46. The van der Waals surface area contributed by atoms with Crippen LogP contribution in [0.25, 0.3) is 0 Å². The summed E-state index contributed by atoms with van der Waals surface area (Å²) in [7, 11) is 0. The second kappa shape index (κ2) is 5.76. The second-order valence-electron chi connectivity index (χ2n) is 5.70. The topological polar surface area (TPSA) is 55.8 Å². The summed E-state index contributed by atoms with van der Waals surface area (Å²) in [6.45, 7) is 1.93. The van der Waals surface area contributed by atoms with E-state index in [2.05, 4.69) is 0 Å². The number of ether oxygens (including phenoxy) is 2. The van der Waals surface area contributed by atoms with Crippen molar-refractivity contribution in [2.24, 2.45) is 5.92 Å². The van der Waals surface area contributed by atoms with Gasteiger partial charge in [0.25, 0.3) is 0 Å². The van der Waals surface area contributed by atoms with Gasteiger partial charge in [0.2, 0.25) is 0 Å². The highest BCUT2D eigenvalue weighted by atomic mass is 16.6. The number of carbonyl (C=O) groups excluding carboxylic acids is 2. The van der Waals surface area contributed by atoms with Gasteiger partial charge in [-0.15, -0.1) is 0 Å². The first-order chi connectivity index (χ1) is 10.1. The van der Waals surface area contributed by atoms with Gasteiger partial charge in [-0.2, -0.15) is 0 Å². The Morgan fingerprint density at radius 3 is 2.57 bits per heavy atom. The fraction of sp³-hybridized carbons (Fsp3) is 0.500. The fourth-order valence-corrected chi connectivity index (χ4v) is 3.17. The number of amides is 1. The molecule has 2 heterocycles. The predicted octanol–water partition coefficient (Wildman–Crippen LogP) is 2.35. The molecule has 3 fully saturated rings. The Bertz CT molecular complexity index is 524. The van der Waals surface area contributed by atoms with Gasteiger partial charge in [-0.25, -0.2) is 4.79 Å². The molecule has 1 aromatic carbocycles. The number of hydrogen-bond donors (Lipinski definition) is 0. The van der Waals surface area contributed by atoms with E-state index in [1.54, 1.807) is 4.90 Å². The number of carbonyl (C=O) groups is 2. The lowest BCUT2D eigenvalue weighted by Crippen LogP contribution is -2.40. The van der Waals surface area contributed by atoms with Gasteiger partial charge < -0.3 is 9.47 Å². The van der Waals surface area contributed by atoms with Crippen molar-refractivity contribution in [1.29, 1.82) is 0 Å². The molecule has 112 valence electrons. The van der Waals surface area contributed by atoms with Crippen LogP contribution in [-0.2, 0) is 20.9 Å². The van der Waals surface area contributed by atoms with Crippen molar-refractivity contribution < 1.29 is 19.1 Å². The van der Waals surface area contributed by atoms with Gasteiger partial charge in [-0.05, 0) is 24.3 Å². The zero-order valence-corrected chi connectivity index (χ0v) is 12.0. The lowest BCUT2D eigenvalue weighted by molar-refractivity contribution is -0.142. The van der Waals surface area contributed by atoms with E-state index in [0.29, 0.717) is 5.92 Å². The number of nitrogens with zero attached hydrogens (tertiary/aromatic N) is 1. The van der Waals surface area contributed by atoms with Crippen LogP contribution in [0.2, 0.25) is 0 Å². The molecule has 1 aliphatic carbocycles. The normalized spacial score (nSPS) is 26.1. The fourth-order valence-electron chi connectivity index (χ4n) is 3.17.